The Labute approximate surface area is 110 Å². The van der Waals surface area contributed by atoms with E-state index >= 15 is 0 Å². The van der Waals surface area contributed by atoms with Crippen molar-refractivity contribution in [1.29, 1.82) is 0 Å². The van der Waals surface area contributed by atoms with Gasteiger partial charge in [0.05, 0.1) is 24.8 Å². The highest BCUT2D eigenvalue weighted by molar-refractivity contribution is 4.97. The first-order valence-corrected chi connectivity index (χ1v) is 7.06. The van der Waals surface area contributed by atoms with Crippen molar-refractivity contribution >= 4 is 0 Å². The Kier molecular flexibility index (Phi) is 5.20. The normalized spacial score (nSPS) is 20.5. The van der Waals surface area contributed by atoms with Crippen molar-refractivity contribution in [2.24, 2.45) is 5.92 Å². The molecule has 0 spiro atoms. The van der Waals surface area contributed by atoms with E-state index in [0.717, 1.165) is 19.1 Å². The van der Waals surface area contributed by atoms with E-state index < -0.39 is 0 Å². The minimum atomic E-state index is 0.452. The Balaban J connectivity index is 1.66. The molecule has 1 saturated heterocycles. The molecule has 0 radical (unpaired) electrons. The first kappa shape index (κ1) is 13.6. The molecular formula is C14H25N3O. The molecule has 2 rings (SSSR count). The number of hydrogen-bond donors (Lipinski definition) is 1. The van der Waals surface area contributed by atoms with Crippen LogP contribution >= 0.6 is 0 Å². The number of hydrogen-bond acceptors (Lipinski definition) is 3. The number of piperidine rings is 1. The van der Waals surface area contributed by atoms with Gasteiger partial charge in [-0.2, -0.15) is 0 Å². The van der Waals surface area contributed by atoms with E-state index in [1.807, 2.05) is 12.5 Å². The molecule has 1 fully saturated rings. The molecular weight excluding hydrogens is 226 g/mol. The molecule has 1 N–H and O–H groups in total. The summed E-state index contributed by atoms with van der Waals surface area (Å²) in [6.45, 7) is 8.21. The lowest BCUT2D eigenvalue weighted by atomic mass is 9.97. The van der Waals surface area contributed by atoms with E-state index in [-0.39, 0.29) is 0 Å². The van der Waals surface area contributed by atoms with E-state index in [4.69, 9.17) is 4.74 Å². The SMILES string of the molecule is CC(C)n1cncc1COCCC1CCCNC1. The smallest absolute Gasteiger partial charge is 0.0951 e. The average molecular weight is 251 g/mol. The molecule has 4 nitrogen and oxygen atoms in total. The third-order valence-electron chi connectivity index (χ3n) is 3.62. The zero-order chi connectivity index (χ0) is 12.8. The first-order valence-electron chi connectivity index (χ1n) is 7.06. The Morgan fingerprint density at radius 2 is 2.44 bits per heavy atom. The molecule has 1 aliphatic heterocycles. The van der Waals surface area contributed by atoms with Gasteiger partial charge in [0.1, 0.15) is 0 Å². The summed E-state index contributed by atoms with van der Waals surface area (Å²) in [5.74, 6) is 0.800. The van der Waals surface area contributed by atoms with Gasteiger partial charge < -0.3 is 14.6 Å². The largest absolute Gasteiger partial charge is 0.375 e. The van der Waals surface area contributed by atoms with Crippen LogP contribution in [0.2, 0.25) is 0 Å². The molecule has 4 heteroatoms. The summed E-state index contributed by atoms with van der Waals surface area (Å²) in [5.41, 5.74) is 1.17. The van der Waals surface area contributed by atoms with Crippen LogP contribution in [0.4, 0.5) is 0 Å². The van der Waals surface area contributed by atoms with Crippen LogP contribution in [0.5, 0.6) is 0 Å². The third-order valence-corrected chi connectivity index (χ3v) is 3.62. The Morgan fingerprint density at radius 3 is 3.17 bits per heavy atom. The highest BCUT2D eigenvalue weighted by atomic mass is 16.5. The van der Waals surface area contributed by atoms with Gasteiger partial charge in [-0.1, -0.05) is 0 Å². The number of ether oxygens (including phenoxy) is 1. The zero-order valence-electron chi connectivity index (χ0n) is 11.6. The van der Waals surface area contributed by atoms with Gasteiger partial charge in [0.25, 0.3) is 0 Å². The summed E-state index contributed by atoms with van der Waals surface area (Å²) in [6.07, 6.45) is 7.62. The lowest BCUT2D eigenvalue weighted by Gasteiger charge is -2.22. The fraction of sp³-hybridized carbons (Fsp3) is 0.786. The fourth-order valence-corrected chi connectivity index (χ4v) is 2.51. The molecule has 1 aliphatic rings. The van der Waals surface area contributed by atoms with Crippen molar-refractivity contribution < 1.29 is 4.74 Å². The third kappa shape index (κ3) is 3.82. The number of rotatable bonds is 6. The molecule has 1 aromatic heterocycles. The van der Waals surface area contributed by atoms with Crippen LogP contribution in [-0.2, 0) is 11.3 Å². The van der Waals surface area contributed by atoms with Crippen molar-refractivity contribution in [2.75, 3.05) is 19.7 Å². The second-order valence-electron chi connectivity index (χ2n) is 5.44. The van der Waals surface area contributed by atoms with E-state index in [1.54, 1.807) is 0 Å². The van der Waals surface area contributed by atoms with Crippen LogP contribution in [0.15, 0.2) is 12.5 Å². The van der Waals surface area contributed by atoms with Crippen LogP contribution in [-0.4, -0.2) is 29.2 Å². The van der Waals surface area contributed by atoms with Gasteiger partial charge in [0.2, 0.25) is 0 Å². The fourth-order valence-electron chi connectivity index (χ4n) is 2.51. The Morgan fingerprint density at radius 1 is 1.56 bits per heavy atom. The molecule has 0 aliphatic carbocycles. The molecule has 1 atom stereocenters. The minimum absolute atomic E-state index is 0.452. The predicted octanol–water partition coefficient (Wildman–Crippen LogP) is 2.37. The van der Waals surface area contributed by atoms with Gasteiger partial charge in [-0.25, -0.2) is 4.98 Å². The molecule has 0 amide bonds. The minimum Gasteiger partial charge on any atom is -0.375 e. The topological polar surface area (TPSA) is 39.1 Å². The summed E-state index contributed by atoms with van der Waals surface area (Å²) in [6, 6.07) is 0.452. The van der Waals surface area contributed by atoms with E-state index in [0.29, 0.717) is 12.6 Å². The van der Waals surface area contributed by atoms with Crippen LogP contribution in [0.3, 0.4) is 0 Å². The molecule has 2 heterocycles. The molecule has 1 aromatic rings. The molecule has 18 heavy (non-hydrogen) atoms. The summed E-state index contributed by atoms with van der Waals surface area (Å²) in [5, 5.41) is 3.44. The van der Waals surface area contributed by atoms with Gasteiger partial charge in [-0.3, -0.25) is 0 Å². The summed E-state index contributed by atoms with van der Waals surface area (Å²) < 4.78 is 7.95. The predicted molar refractivity (Wildman–Crippen MR) is 72.5 cm³/mol. The molecule has 102 valence electrons. The van der Waals surface area contributed by atoms with E-state index in [2.05, 4.69) is 28.7 Å². The van der Waals surface area contributed by atoms with Crippen LogP contribution in [0.25, 0.3) is 0 Å². The van der Waals surface area contributed by atoms with Gasteiger partial charge in [0, 0.05) is 12.6 Å². The maximum atomic E-state index is 5.78. The quantitative estimate of drug-likeness (QED) is 0.789. The van der Waals surface area contributed by atoms with Crippen LogP contribution in [0, 0.1) is 5.92 Å². The van der Waals surface area contributed by atoms with Gasteiger partial charge in [-0.05, 0) is 52.1 Å². The molecule has 1 unspecified atom stereocenters. The Hall–Kier alpha value is -0.870. The number of nitrogens with zero attached hydrogens (tertiary/aromatic N) is 2. The number of aromatic nitrogens is 2. The van der Waals surface area contributed by atoms with E-state index in [9.17, 15) is 0 Å². The van der Waals surface area contributed by atoms with Crippen molar-refractivity contribution in [2.45, 2.75) is 45.8 Å². The molecule has 0 saturated carbocycles. The standard InChI is InChI=1S/C14H25N3O/c1-12(2)17-11-16-9-14(17)10-18-7-5-13-4-3-6-15-8-13/h9,11-13,15H,3-8,10H2,1-2H3. The first-order chi connectivity index (χ1) is 8.77. The van der Waals surface area contributed by atoms with Crippen molar-refractivity contribution in [1.82, 2.24) is 14.9 Å². The highest BCUT2D eigenvalue weighted by Gasteiger charge is 2.12. The monoisotopic (exact) mass is 251 g/mol. The second kappa shape index (κ2) is 6.90. The second-order valence-corrected chi connectivity index (χ2v) is 5.44. The van der Waals surface area contributed by atoms with Crippen molar-refractivity contribution in [3.63, 3.8) is 0 Å². The number of imidazole rings is 1. The lowest BCUT2D eigenvalue weighted by molar-refractivity contribution is 0.0984. The maximum absolute atomic E-state index is 5.78. The Bertz CT molecular complexity index is 343. The summed E-state index contributed by atoms with van der Waals surface area (Å²) in [7, 11) is 0. The van der Waals surface area contributed by atoms with Crippen molar-refractivity contribution in [3.05, 3.63) is 18.2 Å². The summed E-state index contributed by atoms with van der Waals surface area (Å²) >= 11 is 0. The molecule has 0 aromatic carbocycles. The lowest BCUT2D eigenvalue weighted by Crippen LogP contribution is -2.30. The number of nitrogens with one attached hydrogen (secondary N) is 1. The average Bonchev–Trinajstić information content (AvgIpc) is 2.84. The van der Waals surface area contributed by atoms with Gasteiger partial charge in [0.15, 0.2) is 0 Å². The van der Waals surface area contributed by atoms with Crippen LogP contribution < -0.4 is 5.32 Å². The molecule has 0 bridgehead atoms. The van der Waals surface area contributed by atoms with E-state index in [1.165, 1.54) is 31.5 Å². The van der Waals surface area contributed by atoms with Gasteiger partial charge in [-0.15, -0.1) is 0 Å². The van der Waals surface area contributed by atoms with Crippen molar-refractivity contribution in [3.8, 4) is 0 Å². The zero-order valence-corrected chi connectivity index (χ0v) is 11.6. The van der Waals surface area contributed by atoms with Gasteiger partial charge >= 0.3 is 0 Å². The highest BCUT2D eigenvalue weighted by Crippen LogP contribution is 2.15. The van der Waals surface area contributed by atoms with Crippen LogP contribution in [0.1, 0.15) is 44.8 Å². The summed E-state index contributed by atoms with van der Waals surface area (Å²) in [4.78, 5) is 4.18. The maximum Gasteiger partial charge on any atom is 0.0951 e.